The van der Waals surface area contributed by atoms with Gasteiger partial charge in [-0.3, -0.25) is 0 Å². The molecule has 0 amide bonds. The lowest BCUT2D eigenvalue weighted by Gasteiger charge is -2.27. The Kier molecular flexibility index (Phi) is 7.72. The van der Waals surface area contributed by atoms with Crippen molar-refractivity contribution in [1.29, 1.82) is 0 Å². The van der Waals surface area contributed by atoms with Gasteiger partial charge >= 0.3 is 5.92 Å². The molecule has 0 unspecified atom stereocenters. The van der Waals surface area contributed by atoms with E-state index < -0.39 is 182 Å². The van der Waals surface area contributed by atoms with Gasteiger partial charge in [-0.05, 0) is 45.3 Å². The summed E-state index contributed by atoms with van der Waals surface area (Å²) in [5.41, 5.74) is -14.6. The van der Waals surface area contributed by atoms with Crippen molar-refractivity contribution in [1.82, 2.24) is 0 Å². The van der Waals surface area contributed by atoms with Crippen molar-refractivity contribution in [3.8, 4) is 11.1 Å². The van der Waals surface area contributed by atoms with Gasteiger partial charge in [-0.1, -0.05) is 29.7 Å². The van der Waals surface area contributed by atoms with Gasteiger partial charge < -0.3 is 0 Å². The molecule has 1 aliphatic carbocycles. The number of alkyl halides is 2. The zero-order valence-electron chi connectivity index (χ0n) is 27.4. The highest BCUT2D eigenvalue weighted by Crippen LogP contribution is 2.55. The second-order valence-electron chi connectivity index (χ2n) is 13.2. The fourth-order valence-corrected chi connectivity index (χ4v) is 8.15. The van der Waals surface area contributed by atoms with Crippen LogP contribution in [0.1, 0.15) is 11.1 Å². The topological polar surface area (TPSA) is 0 Å². The number of hydrogen-bond acceptors (Lipinski definition) is 0. The lowest BCUT2D eigenvalue weighted by molar-refractivity contribution is 0.0435. The van der Waals surface area contributed by atoms with E-state index in [1.54, 1.807) is 0 Å². The van der Waals surface area contributed by atoms with E-state index in [4.69, 9.17) is 0 Å². The first-order valence-electron chi connectivity index (χ1n) is 16.1. The molecule has 58 heavy (non-hydrogen) atoms. The highest BCUT2D eigenvalue weighted by molar-refractivity contribution is 6.98. The van der Waals surface area contributed by atoms with Gasteiger partial charge in [0, 0.05) is 27.5 Å². The summed E-state index contributed by atoms with van der Waals surface area (Å²) in [6, 6.07) is 3.55. The zero-order valence-corrected chi connectivity index (χ0v) is 27.4. The maximum atomic E-state index is 16.9. The van der Waals surface area contributed by atoms with E-state index in [1.165, 1.54) is 0 Å². The van der Waals surface area contributed by atoms with Gasteiger partial charge in [-0.2, -0.15) is 8.78 Å². The van der Waals surface area contributed by atoms with Crippen molar-refractivity contribution in [2.45, 2.75) is 5.92 Å². The molecule has 0 radical (unpaired) electrons. The van der Waals surface area contributed by atoms with Crippen LogP contribution in [0.4, 0.5) is 79.0 Å². The standard InChI is InChI=1S/C39H7BF18/c41-12-6-4-11(10-7-14(43)26(44)27(45)16(10)12)40(24-9-3-1-8-2-5-13(42)18-15(8)17(9)21(31(49)28(18)46)32(50)34(24)52)25-22-19(29(47)36(54)35(25)53)20-23(39(22,57)58)33(51)38(56)37(55)30(20)48/h1-7H. The molecule has 0 saturated carbocycles. The van der Waals surface area contributed by atoms with E-state index in [1.807, 2.05) is 0 Å². The summed E-state index contributed by atoms with van der Waals surface area (Å²) in [6.07, 6.45) is 0. The molecule has 0 heterocycles. The van der Waals surface area contributed by atoms with Gasteiger partial charge in [0.25, 0.3) is 6.71 Å². The van der Waals surface area contributed by atoms with Crippen molar-refractivity contribution >= 4 is 66.2 Å². The first-order chi connectivity index (χ1) is 27.2. The van der Waals surface area contributed by atoms with Crippen LogP contribution < -0.4 is 16.4 Å². The summed E-state index contributed by atoms with van der Waals surface area (Å²) in [7, 11) is 0. The predicted octanol–water partition coefficient (Wildman–Crippen LogP) is 10.6. The van der Waals surface area contributed by atoms with Gasteiger partial charge in [0.2, 0.25) is 0 Å². The molecule has 8 aromatic carbocycles. The Labute approximate surface area is 308 Å². The molecule has 0 aromatic heterocycles. The fourth-order valence-electron chi connectivity index (χ4n) is 8.15. The predicted molar refractivity (Wildman–Crippen MR) is 173 cm³/mol. The minimum atomic E-state index is -5.53. The maximum Gasteiger partial charge on any atom is 0.302 e. The van der Waals surface area contributed by atoms with Crippen molar-refractivity contribution in [3.63, 3.8) is 0 Å². The average Bonchev–Trinajstić information content (AvgIpc) is 3.43. The molecule has 8 aromatic rings. The van der Waals surface area contributed by atoms with E-state index >= 15 is 61.5 Å². The molecule has 0 nitrogen and oxygen atoms in total. The summed E-state index contributed by atoms with van der Waals surface area (Å²) < 4.78 is 280. The second kappa shape index (κ2) is 12.0. The molecule has 1 aliphatic rings. The SMILES string of the molecule is Fc1cc2c(B(c3c(F)c(F)c(F)c4c3C(F)(F)c3c(F)c(F)c(F)c(F)c3-4)c3c(F)c(F)c4c(F)c(F)c5c(F)ccc6ccc3c4c65)ccc(F)c2c(F)c1F. The molecule has 0 aliphatic heterocycles. The van der Waals surface area contributed by atoms with Gasteiger partial charge in [-0.15, -0.1) is 0 Å². The summed E-state index contributed by atoms with van der Waals surface area (Å²) in [5, 5.41) is -8.80. The smallest absolute Gasteiger partial charge is 0.206 e. The molecule has 9 rings (SSSR count). The first-order valence-corrected chi connectivity index (χ1v) is 16.1. The van der Waals surface area contributed by atoms with E-state index in [0.717, 1.165) is 12.1 Å². The van der Waals surface area contributed by atoms with Crippen LogP contribution in [0.15, 0.2) is 42.5 Å². The maximum absolute atomic E-state index is 16.9. The zero-order chi connectivity index (χ0) is 41.9. The number of hydrogen-bond donors (Lipinski definition) is 0. The quantitative estimate of drug-likeness (QED) is 0.0547. The minimum Gasteiger partial charge on any atom is -0.206 e. The Balaban J connectivity index is 1.57. The molecule has 0 atom stereocenters. The third-order valence-electron chi connectivity index (χ3n) is 10.5. The second-order valence-corrected chi connectivity index (χ2v) is 13.2. The highest BCUT2D eigenvalue weighted by atomic mass is 19.3. The summed E-state index contributed by atoms with van der Waals surface area (Å²) in [4.78, 5) is 0. The van der Waals surface area contributed by atoms with Crippen molar-refractivity contribution < 1.29 is 79.0 Å². The Morgan fingerprint density at radius 3 is 1.52 bits per heavy atom. The van der Waals surface area contributed by atoms with Gasteiger partial charge in [0.05, 0.1) is 21.7 Å². The molecule has 0 saturated heterocycles. The van der Waals surface area contributed by atoms with Crippen LogP contribution in [0.2, 0.25) is 0 Å². The number of fused-ring (bicyclic) bond motifs is 4. The van der Waals surface area contributed by atoms with Crippen molar-refractivity contribution in [3.05, 3.63) is 147 Å². The largest absolute Gasteiger partial charge is 0.302 e. The molecular formula is C39H7BF18. The number of halogens is 18. The number of benzene rings is 8. The first kappa shape index (κ1) is 37.4. The Morgan fingerprint density at radius 1 is 0.345 bits per heavy atom. The van der Waals surface area contributed by atoms with Crippen molar-refractivity contribution in [2.75, 3.05) is 0 Å². The van der Waals surface area contributed by atoms with Crippen LogP contribution >= 0.6 is 0 Å². The Morgan fingerprint density at radius 2 is 0.845 bits per heavy atom. The van der Waals surface area contributed by atoms with Crippen LogP contribution in [-0.4, -0.2) is 6.71 Å². The van der Waals surface area contributed by atoms with E-state index in [0.29, 0.717) is 18.2 Å². The molecule has 292 valence electrons. The van der Waals surface area contributed by atoms with Crippen LogP contribution in [0.5, 0.6) is 0 Å². The van der Waals surface area contributed by atoms with E-state index in [9.17, 15) is 17.6 Å². The van der Waals surface area contributed by atoms with Crippen molar-refractivity contribution in [2.24, 2.45) is 0 Å². The molecule has 0 bridgehead atoms. The van der Waals surface area contributed by atoms with Gasteiger partial charge in [0.1, 0.15) is 11.6 Å². The van der Waals surface area contributed by atoms with Crippen LogP contribution in [0.25, 0.3) is 54.2 Å². The highest BCUT2D eigenvalue weighted by Gasteiger charge is 2.56. The molecule has 0 N–H and O–H groups in total. The minimum absolute atomic E-state index is 0.0667. The lowest BCUT2D eigenvalue weighted by Crippen LogP contribution is -2.57. The molecular weight excluding hydrogens is 821 g/mol. The van der Waals surface area contributed by atoms with Gasteiger partial charge in [-0.25, -0.2) is 70.2 Å². The fraction of sp³-hybridized carbons (Fsp3) is 0.0256. The summed E-state index contributed by atoms with van der Waals surface area (Å²) in [5.74, 6) is -45.1. The van der Waals surface area contributed by atoms with E-state index in [2.05, 4.69) is 0 Å². The number of rotatable bonds is 3. The normalized spacial score (nSPS) is 13.5. The molecule has 0 fully saturated rings. The third-order valence-corrected chi connectivity index (χ3v) is 10.5. The van der Waals surface area contributed by atoms with Gasteiger partial charge in [0.15, 0.2) is 81.4 Å². The summed E-state index contributed by atoms with van der Waals surface area (Å²) >= 11 is 0. The lowest BCUT2D eigenvalue weighted by atomic mass is 9.34. The Bertz CT molecular complexity index is 3230. The molecule has 19 heteroatoms. The average molecular weight is 828 g/mol. The third kappa shape index (κ3) is 4.38. The monoisotopic (exact) mass is 828 g/mol. The Hall–Kier alpha value is -6.14. The van der Waals surface area contributed by atoms with Crippen LogP contribution in [0.3, 0.4) is 0 Å². The molecule has 0 spiro atoms. The summed E-state index contributed by atoms with van der Waals surface area (Å²) in [6.45, 7) is -3.24. The van der Waals surface area contributed by atoms with E-state index in [-0.39, 0.29) is 17.5 Å². The van der Waals surface area contributed by atoms with Crippen LogP contribution in [0, 0.1) is 93.1 Å². The van der Waals surface area contributed by atoms with Crippen LogP contribution in [-0.2, 0) is 5.92 Å².